The summed E-state index contributed by atoms with van der Waals surface area (Å²) in [5.74, 6) is 0.446. The topological polar surface area (TPSA) is 6.48 Å². The molecule has 5 aliphatic carbocycles. The van der Waals surface area contributed by atoms with Crippen LogP contribution in [0, 0.1) is 5.92 Å². The molecule has 0 N–H and O–H groups in total. The van der Waals surface area contributed by atoms with Crippen molar-refractivity contribution in [3.63, 3.8) is 0 Å². The standard InChI is InChI=1S/C63H56N2/c1-61(2)51-17-7-11-21-57(51)64(58-22-12-8-18-52(58)61)47-31-30-43-35-41(27-29-44(43)37-47)25-26-42-28-33-49-50-34-32-48(38-56(50)63(55(49)36-42)39-45-15-5-6-16-46(45)40-63)65-59-23-13-9-19-53(59)62(3,4)54-20-10-14-24-60(54)65/h5,7-13,15,17-23,25-35,37-38,55H,6,14,16,24,36,39-40H2,1-4H3/b26-25+. The fourth-order valence-electron chi connectivity index (χ4n) is 13.4. The number of benzene rings is 6. The van der Waals surface area contributed by atoms with Gasteiger partial charge in [0.25, 0.3) is 0 Å². The number of anilines is 5. The van der Waals surface area contributed by atoms with Gasteiger partial charge in [-0.25, -0.2) is 0 Å². The Morgan fingerprint density at radius 1 is 0.554 bits per heavy atom. The first-order valence-electron chi connectivity index (χ1n) is 24.1. The van der Waals surface area contributed by atoms with Crippen LogP contribution in [0.5, 0.6) is 0 Å². The Bertz CT molecular complexity index is 3210. The maximum Gasteiger partial charge on any atom is 0.0502 e. The Morgan fingerprint density at radius 3 is 1.97 bits per heavy atom. The van der Waals surface area contributed by atoms with Crippen molar-refractivity contribution in [1.29, 1.82) is 0 Å². The van der Waals surface area contributed by atoms with Crippen LogP contribution in [0.3, 0.4) is 0 Å². The molecule has 0 saturated heterocycles. The predicted molar refractivity (Wildman–Crippen MR) is 274 cm³/mol. The largest absolute Gasteiger partial charge is 0.314 e. The SMILES string of the molecule is CC1(C)C2=C(CCC=C2)N(c2ccc3c(c2)C2(CC4=C(CCC=C4)C2)C2CC(/C=C/c4ccc5cc(N6c7ccccc7C(C)(C)c7ccccc76)ccc5c4)=CC=C32)c2ccccc21. The van der Waals surface area contributed by atoms with Crippen LogP contribution in [0.25, 0.3) is 22.4 Å². The fraction of sp³-hybridized carbons (Fsp3) is 0.238. The van der Waals surface area contributed by atoms with Gasteiger partial charge >= 0.3 is 0 Å². The monoisotopic (exact) mass is 840 g/mol. The van der Waals surface area contributed by atoms with Gasteiger partial charge in [-0.1, -0.05) is 161 Å². The molecule has 1 spiro atoms. The second kappa shape index (κ2) is 14.2. The van der Waals surface area contributed by atoms with Crippen LogP contribution in [-0.2, 0) is 16.2 Å². The summed E-state index contributed by atoms with van der Waals surface area (Å²) in [4.78, 5) is 5.09. The highest BCUT2D eigenvalue weighted by atomic mass is 15.2. The Hall–Kier alpha value is -6.64. The van der Waals surface area contributed by atoms with Gasteiger partial charge in [-0.3, -0.25) is 0 Å². The van der Waals surface area contributed by atoms with E-state index in [-0.39, 0.29) is 16.2 Å². The minimum atomic E-state index is -0.0721. The van der Waals surface area contributed by atoms with Crippen molar-refractivity contribution in [2.24, 2.45) is 5.92 Å². The number of nitrogens with zero attached hydrogens (tertiary/aromatic N) is 2. The molecule has 7 aliphatic rings. The lowest BCUT2D eigenvalue weighted by atomic mass is 9.67. The van der Waals surface area contributed by atoms with E-state index in [1.807, 2.05) is 0 Å². The lowest BCUT2D eigenvalue weighted by molar-refractivity contribution is 0.353. The van der Waals surface area contributed by atoms with Crippen molar-refractivity contribution in [3.8, 4) is 0 Å². The summed E-state index contributed by atoms with van der Waals surface area (Å²) in [7, 11) is 0. The number of hydrogen-bond donors (Lipinski definition) is 0. The Morgan fingerprint density at radius 2 is 1.20 bits per heavy atom. The summed E-state index contributed by atoms with van der Waals surface area (Å²) < 4.78 is 0. The van der Waals surface area contributed by atoms with Crippen LogP contribution in [0.1, 0.15) is 106 Å². The molecule has 0 bridgehead atoms. The molecule has 0 radical (unpaired) electrons. The van der Waals surface area contributed by atoms with Gasteiger partial charge in [0, 0.05) is 39.0 Å². The van der Waals surface area contributed by atoms with E-state index < -0.39 is 0 Å². The number of fused-ring (bicyclic) bond motifs is 9. The number of hydrogen-bond acceptors (Lipinski definition) is 2. The van der Waals surface area contributed by atoms with Gasteiger partial charge in [0.2, 0.25) is 0 Å². The van der Waals surface area contributed by atoms with Gasteiger partial charge in [0.15, 0.2) is 0 Å². The minimum absolute atomic E-state index is 0.0322. The van der Waals surface area contributed by atoms with Gasteiger partial charge in [-0.05, 0) is 166 Å². The Balaban J connectivity index is 0.831. The van der Waals surface area contributed by atoms with Crippen LogP contribution < -0.4 is 9.80 Å². The molecule has 2 atom stereocenters. The van der Waals surface area contributed by atoms with E-state index in [0.29, 0.717) is 5.92 Å². The van der Waals surface area contributed by atoms with Crippen molar-refractivity contribution in [2.75, 3.05) is 9.80 Å². The normalized spacial score (nSPS) is 22.9. The zero-order valence-electron chi connectivity index (χ0n) is 38.2. The summed E-state index contributed by atoms with van der Waals surface area (Å²) in [5, 5.41) is 2.52. The highest BCUT2D eigenvalue weighted by Crippen LogP contribution is 2.64. The lowest BCUT2D eigenvalue weighted by Gasteiger charge is -2.44. The molecule has 0 fully saturated rings. The van der Waals surface area contributed by atoms with Gasteiger partial charge in [-0.2, -0.15) is 0 Å². The van der Waals surface area contributed by atoms with Gasteiger partial charge in [0.05, 0.1) is 11.4 Å². The molecule has 318 valence electrons. The van der Waals surface area contributed by atoms with E-state index in [0.717, 1.165) is 25.7 Å². The molecular formula is C63H56N2. The van der Waals surface area contributed by atoms with Gasteiger partial charge < -0.3 is 9.80 Å². The molecular weight excluding hydrogens is 785 g/mol. The molecule has 2 heteroatoms. The summed E-state index contributed by atoms with van der Waals surface area (Å²) in [6, 6.07) is 48.5. The smallest absolute Gasteiger partial charge is 0.0502 e. The molecule has 2 unspecified atom stereocenters. The maximum absolute atomic E-state index is 2.63. The molecule has 0 amide bonds. The zero-order valence-corrected chi connectivity index (χ0v) is 38.2. The van der Waals surface area contributed by atoms with Crippen LogP contribution in [0.15, 0.2) is 198 Å². The van der Waals surface area contributed by atoms with Crippen molar-refractivity contribution in [1.82, 2.24) is 0 Å². The first-order valence-corrected chi connectivity index (χ1v) is 24.1. The summed E-state index contributed by atoms with van der Waals surface area (Å²) in [5.41, 5.74) is 23.9. The second-order valence-corrected chi connectivity index (χ2v) is 20.8. The van der Waals surface area contributed by atoms with Crippen LogP contribution >= 0.6 is 0 Å². The molecule has 6 aromatic carbocycles. The molecule has 65 heavy (non-hydrogen) atoms. The second-order valence-electron chi connectivity index (χ2n) is 20.8. The first kappa shape index (κ1) is 38.8. The summed E-state index contributed by atoms with van der Waals surface area (Å²) >= 11 is 0. The van der Waals surface area contributed by atoms with Crippen LogP contribution in [-0.4, -0.2) is 0 Å². The average molecular weight is 841 g/mol. The van der Waals surface area contributed by atoms with Crippen molar-refractivity contribution in [3.05, 3.63) is 231 Å². The number of rotatable bonds is 4. The third kappa shape index (κ3) is 5.72. The molecule has 2 nitrogen and oxygen atoms in total. The first-order chi connectivity index (χ1) is 31.7. The number of para-hydroxylation sites is 3. The molecule has 0 aromatic heterocycles. The Kier molecular flexibility index (Phi) is 8.46. The van der Waals surface area contributed by atoms with Crippen LogP contribution in [0.2, 0.25) is 0 Å². The molecule has 13 rings (SSSR count). The average Bonchev–Trinajstić information content (AvgIpc) is 3.85. The fourth-order valence-corrected chi connectivity index (χ4v) is 13.4. The third-order valence-corrected chi connectivity index (χ3v) is 16.6. The van der Waals surface area contributed by atoms with Crippen molar-refractivity contribution >= 4 is 50.9 Å². The highest BCUT2D eigenvalue weighted by molar-refractivity contribution is 5.93. The third-order valence-electron chi connectivity index (χ3n) is 16.6. The molecule has 6 aromatic rings. The highest BCUT2D eigenvalue weighted by Gasteiger charge is 2.53. The molecule has 2 aliphatic heterocycles. The number of allylic oxidation sites excluding steroid dienone is 13. The summed E-state index contributed by atoms with van der Waals surface area (Å²) in [6.07, 6.45) is 27.2. The lowest BCUT2D eigenvalue weighted by Crippen LogP contribution is -2.35. The minimum Gasteiger partial charge on any atom is -0.314 e. The van der Waals surface area contributed by atoms with Crippen LogP contribution in [0.4, 0.5) is 28.4 Å². The van der Waals surface area contributed by atoms with E-state index in [4.69, 9.17) is 0 Å². The quantitative estimate of drug-likeness (QED) is 0.174. The van der Waals surface area contributed by atoms with Crippen molar-refractivity contribution < 1.29 is 0 Å². The maximum atomic E-state index is 2.63. The van der Waals surface area contributed by atoms with E-state index >= 15 is 0 Å². The van der Waals surface area contributed by atoms with E-state index in [1.54, 1.807) is 16.7 Å². The van der Waals surface area contributed by atoms with Gasteiger partial charge in [0.1, 0.15) is 0 Å². The predicted octanol–water partition coefficient (Wildman–Crippen LogP) is 16.7. The zero-order chi connectivity index (χ0) is 43.7. The van der Waals surface area contributed by atoms with Gasteiger partial charge in [-0.15, -0.1) is 0 Å². The van der Waals surface area contributed by atoms with Crippen molar-refractivity contribution in [2.45, 2.75) is 88.9 Å². The Labute approximate surface area is 385 Å². The molecule has 0 saturated carbocycles. The molecule has 2 heterocycles. The van der Waals surface area contributed by atoms with E-state index in [9.17, 15) is 0 Å². The van der Waals surface area contributed by atoms with E-state index in [2.05, 4.69) is 213 Å². The van der Waals surface area contributed by atoms with E-state index in [1.165, 1.54) is 109 Å². The summed E-state index contributed by atoms with van der Waals surface area (Å²) in [6.45, 7) is 9.53.